The molecule has 1 aliphatic heterocycles. The summed E-state index contributed by atoms with van der Waals surface area (Å²) in [5.41, 5.74) is 14.7. The highest BCUT2D eigenvalue weighted by Gasteiger charge is 2.43. The third kappa shape index (κ3) is 6.78. The molecular formula is C51H54N2. The molecule has 0 spiro atoms. The van der Waals surface area contributed by atoms with Crippen LogP contribution in [0.5, 0.6) is 0 Å². The SMILES string of the molecule is C/C=C(\CCCc1cc2ccccc2c2c1C=CCC2)N1c2ccccc2C2CCC(Nc3ccc(C4CC(c5ccccc5)=CC(C)C4)cc3)CC21. The van der Waals surface area contributed by atoms with Gasteiger partial charge in [-0.2, -0.15) is 0 Å². The van der Waals surface area contributed by atoms with Gasteiger partial charge in [0.25, 0.3) is 0 Å². The number of fused-ring (bicyclic) bond motifs is 6. The minimum atomic E-state index is 0.468. The van der Waals surface area contributed by atoms with Crippen LogP contribution in [-0.4, -0.2) is 12.1 Å². The first-order valence-electron chi connectivity index (χ1n) is 20.5. The predicted molar refractivity (Wildman–Crippen MR) is 227 cm³/mol. The number of anilines is 2. The van der Waals surface area contributed by atoms with Crippen molar-refractivity contribution >= 4 is 33.8 Å². The van der Waals surface area contributed by atoms with Crippen molar-refractivity contribution in [1.29, 1.82) is 0 Å². The molecule has 2 nitrogen and oxygen atoms in total. The van der Waals surface area contributed by atoms with Gasteiger partial charge in [0, 0.05) is 35.1 Å². The molecule has 5 unspecified atom stereocenters. The van der Waals surface area contributed by atoms with Crippen LogP contribution in [0.2, 0.25) is 0 Å². The molecule has 5 atom stereocenters. The van der Waals surface area contributed by atoms with E-state index in [0.717, 1.165) is 44.9 Å². The van der Waals surface area contributed by atoms with Gasteiger partial charge in [0.1, 0.15) is 0 Å². The van der Waals surface area contributed by atoms with Crippen molar-refractivity contribution < 1.29 is 0 Å². The summed E-state index contributed by atoms with van der Waals surface area (Å²) in [6.07, 6.45) is 21.3. The maximum atomic E-state index is 4.02. The molecule has 1 N–H and O–H groups in total. The van der Waals surface area contributed by atoms with Crippen molar-refractivity contribution in [2.24, 2.45) is 5.92 Å². The van der Waals surface area contributed by atoms with Crippen molar-refractivity contribution in [2.45, 2.75) is 102 Å². The Labute approximate surface area is 317 Å². The fourth-order valence-corrected chi connectivity index (χ4v) is 10.5. The smallest absolute Gasteiger partial charge is 0.0447 e. The van der Waals surface area contributed by atoms with E-state index in [2.05, 4.69) is 158 Å². The second kappa shape index (κ2) is 14.9. The summed E-state index contributed by atoms with van der Waals surface area (Å²) in [5, 5.41) is 6.85. The third-order valence-corrected chi connectivity index (χ3v) is 12.9. The van der Waals surface area contributed by atoms with Crippen LogP contribution >= 0.6 is 0 Å². The van der Waals surface area contributed by atoms with Crippen molar-refractivity contribution in [1.82, 2.24) is 0 Å². The van der Waals surface area contributed by atoms with Crippen LogP contribution in [0.1, 0.15) is 110 Å². The van der Waals surface area contributed by atoms with E-state index >= 15 is 0 Å². The molecule has 0 amide bonds. The van der Waals surface area contributed by atoms with Crippen molar-refractivity contribution in [3.8, 4) is 0 Å². The summed E-state index contributed by atoms with van der Waals surface area (Å²) in [4.78, 5) is 2.76. The van der Waals surface area contributed by atoms with E-state index in [1.807, 2.05) is 0 Å². The monoisotopic (exact) mass is 694 g/mol. The Morgan fingerprint density at radius 2 is 1.68 bits per heavy atom. The molecule has 4 aliphatic rings. The standard InChI is InChI=1S/C51H54N2/c1-3-44(18-13-17-39-32-38-16-7-8-19-45(38)47-21-10-9-20-46(39)47)53-50-23-12-11-22-48(50)49-29-28-43(34-51(49)53)52-42-26-24-37(25-27-42)41-31-35(2)30-40(33-41)36-14-5-4-6-15-36/h3-9,11-12,14-16,19-20,22-27,30,32,35,41,43,49,51-52H,10,13,17-18,21,28-29,31,33-34H2,1-2H3/b44-3+. The Kier molecular flexibility index (Phi) is 9.55. The first-order chi connectivity index (χ1) is 26.1. The van der Waals surface area contributed by atoms with Crippen molar-refractivity contribution in [2.75, 3.05) is 10.2 Å². The second-order valence-corrected chi connectivity index (χ2v) is 16.3. The van der Waals surface area contributed by atoms with Crippen LogP contribution in [0.25, 0.3) is 22.4 Å². The molecule has 1 fully saturated rings. The van der Waals surface area contributed by atoms with E-state index < -0.39 is 0 Å². The molecule has 3 aliphatic carbocycles. The Hall–Kier alpha value is -4.82. The molecule has 1 saturated carbocycles. The highest BCUT2D eigenvalue weighted by Crippen LogP contribution is 2.50. The molecule has 2 heteroatoms. The zero-order valence-corrected chi connectivity index (χ0v) is 31.6. The number of rotatable bonds is 9. The molecule has 1 heterocycles. The fraction of sp³-hybridized carbons (Fsp3) is 0.333. The number of para-hydroxylation sites is 1. The number of allylic oxidation sites excluding steroid dienone is 5. The Morgan fingerprint density at radius 1 is 0.868 bits per heavy atom. The third-order valence-electron chi connectivity index (χ3n) is 12.9. The zero-order chi connectivity index (χ0) is 35.7. The molecule has 0 bridgehead atoms. The van der Waals surface area contributed by atoms with E-state index in [4.69, 9.17) is 0 Å². The lowest BCUT2D eigenvalue weighted by Crippen LogP contribution is -2.42. The van der Waals surface area contributed by atoms with Gasteiger partial charge in [0.2, 0.25) is 0 Å². The highest BCUT2D eigenvalue weighted by molar-refractivity contribution is 5.90. The van der Waals surface area contributed by atoms with Crippen LogP contribution in [-0.2, 0) is 12.8 Å². The molecule has 5 aromatic carbocycles. The Bertz CT molecular complexity index is 2170. The lowest BCUT2D eigenvalue weighted by molar-refractivity contribution is 0.369. The summed E-state index contributed by atoms with van der Waals surface area (Å²) < 4.78 is 0. The van der Waals surface area contributed by atoms with Gasteiger partial charge in [-0.05, 0) is 151 Å². The molecule has 53 heavy (non-hydrogen) atoms. The molecule has 0 saturated heterocycles. The van der Waals surface area contributed by atoms with Crippen molar-refractivity contribution in [3.63, 3.8) is 0 Å². The summed E-state index contributed by atoms with van der Waals surface area (Å²) in [6, 6.07) is 42.2. The van der Waals surface area contributed by atoms with Gasteiger partial charge in [0.15, 0.2) is 0 Å². The minimum Gasteiger partial charge on any atom is -0.382 e. The normalized spacial score (nSPS) is 23.7. The van der Waals surface area contributed by atoms with E-state index in [1.54, 1.807) is 11.1 Å². The van der Waals surface area contributed by atoms with Crippen molar-refractivity contribution in [3.05, 3.63) is 167 Å². The van der Waals surface area contributed by atoms with Crippen LogP contribution in [0.3, 0.4) is 0 Å². The topological polar surface area (TPSA) is 15.3 Å². The van der Waals surface area contributed by atoms with E-state index in [0.29, 0.717) is 29.8 Å². The number of nitrogens with zero attached hydrogens (tertiary/aromatic N) is 1. The second-order valence-electron chi connectivity index (χ2n) is 16.3. The van der Waals surface area contributed by atoms with Gasteiger partial charge in [-0.15, -0.1) is 0 Å². The summed E-state index contributed by atoms with van der Waals surface area (Å²) in [6.45, 7) is 4.64. The fourth-order valence-electron chi connectivity index (χ4n) is 10.5. The van der Waals surface area contributed by atoms with Crippen LogP contribution in [0.4, 0.5) is 11.4 Å². The number of aryl methyl sites for hydroxylation is 2. The van der Waals surface area contributed by atoms with Gasteiger partial charge in [0.05, 0.1) is 0 Å². The van der Waals surface area contributed by atoms with Gasteiger partial charge >= 0.3 is 0 Å². The molecule has 9 rings (SSSR count). The molecule has 0 radical (unpaired) electrons. The van der Waals surface area contributed by atoms with Gasteiger partial charge in [-0.1, -0.05) is 122 Å². The maximum Gasteiger partial charge on any atom is 0.0447 e. The number of hydrogen-bond donors (Lipinski definition) is 1. The van der Waals surface area contributed by atoms with E-state index in [1.165, 1.54) is 74.9 Å². The van der Waals surface area contributed by atoms with E-state index in [-0.39, 0.29) is 0 Å². The average Bonchev–Trinajstić information content (AvgIpc) is 3.53. The Morgan fingerprint density at radius 3 is 2.55 bits per heavy atom. The zero-order valence-electron chi connectivity index (χ0n) is 31.6. The number of hydrogen-bond acceptors (Lipinski definition) is 2. The average molecular weight is 695 g/mol. The summed E-state index contributed by atoms with van der Waals surface area (Å²) >= 11 is 0. The first kappa shape index (κ1) is 34.0. The molecule has 268 valence electrons. The molecule has 5 aromatic rings. The van der Waals surface area contributed by atoms with E-state index in [9.17, 15) is 0 Å². The number of nitrogens with one attached hydrogen (secondary N) is 1. The molecule has 0 aromatic heterocycles. The predicted octanol–water partition coefficient (Wildman–Crippen LogP) is 13.3. The number of benzene rings is 5. The quantitative estimate of drug-likeness (QED) is 0.165. The van der Waals surface area contributed by atoms with Crippen LogP contribution < -0.4 is 10.2 Å². The van der Waals surface area contributed by atoms with Gasteiger partial charge < -0.3 is 10.2 Å². The maximum absolute atomic E-state index is 4.02. The van der Waals surface area contributed by atoms with Crippen LogP contribution in [0.15, 0.2) is 133 Å². The van der Waals surface area contributed by atoms with Crippen LogP contribution in [0, 0.1) is 5.92 Å². The first-order valence-corrected chi connectivity index (χ1v) is 20.5. The lowest BCUT2D eigenvalue weighted by Gasteiger charge is -2.39. The Balaban J connectivity index is 0.887. The molecular weight excluding hydrogens is 641 g/mol. The summed E-state index contributed by atoms with van der Waals surface area (Å²) in [5.74, 6) is 1.76. The largest absolute Gasteiger partial charge is 0.382 e. The highest BCUT2D eigenvalue weighted by atomic mass is 15.2. The lowest BCUT2D eigenvalue weighted by atomic mass is 9.77. The minimum absolute atomic E-state index is 0.468. The summed E-state index contributed by atoms with van der Waals surface area (Å²) in [7, 11) is 0. The van der Waals surface area contributed by atoms with Gasteiger partial charge in [-0.25, -0.2) is 0 Å². The van der Waals surface area contributed by atoms with Gasteiger partial charge in [-0.3, -0.25) is 0 Å².